The Morgan fingerprint density at radius 2 is 1.87 bits per heavy atom. The molecular weight excluding hydrogens is 396 g/mol. The van der Waals surface area contributed by atoms with Gasteiger partial charge in [0.15, 0.2) is 0 Å². The number of para-hydroxylation sites is 1. The van der Waals surface area contributed by atoms with E-state index in [1.807, 2.05) is 71.8 Å². The number of thiazole rings is 1. The van der Waals surface area contributed by atoms with E-state index in [-0.39, 0.29) is 5.91 Å². The lowest BCUT2D eigenvalue weighted by Crippen LogP contribution is -2.33. The Bertz CT molecular complexity index is 927. The van der Waals surface area contributed by atoms with Crippen LogP contribution in [0.25, 0.3) is 0 Å². The van der Waals surface area contributed by atoms with Gasteiger partial charge in [-0.2, -0.15) is 0 Å². The van der Waals surface area contributed by atoms with E-state index in [4.69, 9.17) is 9.47 Å². The standard InChI is InChI=1S/C24H28N2O3S/c1-19-9-6-7-12-22(19)29-17-23-25-21(18-30-23)16-26(13-8-14-28-2)24(27)15-20-10-4-3-5-11-20/h3-7,9-12,18H,8,13-17H2,1-2H3. The molecule has 2 aromatic carbocycles. The number of aromatic nitrogens is 1. The minimum absolute atomic E-state index is 0.100. The molecule has 0 saturated carbocycles. The van der Waals surface area contributed by atoms with E-state index in [1.165, 1.54) is 0 Å². The molecule has 0 aliphatic rings. The van der Waals surface area contributed by atoms with Crippen molar-refractivity contribution in [3.05, 3.63) is 81.8 Å². The van der Waals surface area contributed by atoms with Gasteiger partial charge in [0.2, 0.25) is 5.91 Å². The van der Waals surface area contributed by atoms with Gasteiger partial charge in [-0.1, -0.05) is 48.5 Å². The maximum Gasteiger partial charge on any atom is 0.227 e. The summed E-state index contributed by atoms with van der Waals surface area (Å²) in [4.78, 5) is 19.5. The van der Waals surface area contributed by atoms with Gasteiger partial charge in [0.25, 0.3) is 0 Å². The van der Waals surface area contributed by atoms with Crippen LogP contribution in [-0.2, 0) is 29.1 Å². The fraction of sp³-hybridized carbons (Fsp3) is 0.333. The minimum Gasteiger partial charge on any atom is -0.486 e. The zero-order valence-electron chi connectivity index (χ0n) is 17.5. The first-order chi connectivity index (χ1) is 14.7. The Balaban J connectivity index is 1.60. The van der Waals surface area contributed by atoms with Gasteiger partial charge >= 0.3 is 0 Å². The van der Waals surface area contributed by atoms with Crippen LogP contribution in [-0.4, -0.2) is 36.1 Å². The van der Waals surface area contributed by atoms with Crippen molar-refractivity contribution < 1.29 is 14.3 Å². The van der Waals surface area contributed by atoms with E-state index in [0.29, 0.717) is 32.7 Å². The highest BCUT2D eigenvalue weighted by atomic mass is 32.1. The highest BCUT2D eigenvalue weighted by Gasteiger charge is 2.16. The summed E-state index contributed by atoms with van der Waals surface area (Å²) in [6.45, 7) is 4.22. The molecule has 0 radical (unpaired) electrons. The van der Waals surface area contributed by atoms with E-state index in [1.54, 1.807) is 18.4 Å². The summed E-state index contributed by atoms with van der Waals surface area (Å²) in [5, 5.41) is 2.91. The highest BCUT2D eigenvalue weighted by Crippen LogP contribution is 2.20. The van der Waals surface area contributed by atoms with Crippen molar-refractivity contribution in [2.24, 2.45) is 0 Å². The Kier molecular flexibility index (Phi) is 8.41. The van der Waals surface area contributed by atoms with Gasteiger partial charge in [-0.15, -0.1) is 11.3 Å². The lowest BCUT2D eigenvalue weighted by molar-refractivity contribution is -0.131. The monoisotopic (exact) mass is 424 g/mol. The van der Waals surface area contributed by atoms with Crippen molar-refractivity contribution in [3.8, 4) is 5.75 Å². The highest BCUT2D eigenvalue weighted by molar-refractivity contribution is 7.09. The summed E-state index contributed by atoms with van der Waals surface area (Å²) in [5.41, 5.74) is 3.01. The third kappa shape index (κ3) is 6.68. The lowest BCUT2D eigenvalue weighted by atomic mass is 10.1. The third-order valence-corrected chi connectivity index (χ3v) is 5.60. The number of aryl methyl sites for hydroxylation is 1. The predicted octanol–water partition coefficient (Wildman–Crippen LogP) is 4.64. The number of ether oxygens (including phenoxy) is 2. The smallest absolute Gasteiger partial charge is 0.227 e. The van der Waals surface area contributed by atoms with Gasteiger partial charge in [-0.05, 0) is 30.5 Å². The zero-order valence-corrected chi connectivity index (χ0v) is 18.4. The zero-order chi connectivity index (χ0) is 21.2. The van der Waals surface area contributed by atoms with Crippen molar-refractivity contribution >= 4 is 17.2 Å². The van der Waals surface area contributed by atoms with Gasteiger partial charge in [0.05, 0.1) is 18.7 Å². The number of nitrogens with zero attached hydrogens (tertiary/aromatic N) is 2. The summed E-state index contributed by atoms with van der Waals surface area (Å²) in [7, 11) is 1.68. The van der Waals surface area contributed by atoms with Gasteiger partial charge in [-0.25, -0.2) is 4.98 Å². The van der Waals surface area contributed by atoms with Crippen LogP contribution < -0.4 is 4.74 Å². The topological polar surface area (TPSA) is 51.7 Å². The van der Waals surface area contributed by atoms with Gasteiger partial charge < -0.3 is 14.4 Å². The van der Waals surface area contributed by atoms with Crippen LogP contribution in [0.2, 0.25) is 0 Å². The van der Waals surface area contributed by atoms with E-state index in [9.17, 15) is 4.79 Å². The second kappa shape index (κ2) is 11.5. The molecule has 0 saturated heterocycles. The van der Waals surface area contributed by atoms with Crippen LogP contribution in [0, 0.1) is 6.92 Å². The normalized spacial score (nSPS) is 10.7. The number of hydrogen-bond acceptors (Lipinski definition) is 5. The second-order valence-corrected chi connectivity index (χ2v) is 8.05. The van der Waals surface area contributed by atoms with Crippen molar-refractivity contribution in [3.63, 3.8) is 0 Å². The molecule has 0 spiro atoms. The Labute approximate surface area is 182 Å². The van der Waals surface area contributed by atoms with E-state index < -0.39 is 0 Å². The summed E-state index contributed by atoms with van der Waals surface area (Å²) < 4.78 is 11.1. The van der Waals surface area contributed by atoms with Crippen LogP contribution in [0.5, 0.6) is 5.75 Å². The van der Waals surface area contributed by atoms with E-state index in [0.717, 1.165) is 34.0 Å². The molecule has 1 heterocycles. The van der Waals surface area contributed by atoms with Gasteiger partial charge in [-0.3, -0.25) is 4.79 Å². The lowest BCUT2D eigenvalue weighted by Gasteiger charge is -2.22. The maximum absolute atomic E-state index is 12.9. The fourth-order valence-corrected chi connectivity index (χ4v) is 3.81. The SMILES string of the molecule is COCCCN(Cc1csc(COc2ccccc2C)n1)C(=O)Cc1ccccc1. The number of carbonyl (C=O) groups is 1. The van der Waals surface area contributed by atoms with Crippen molar-refractivity contribution in [2.45, 2.75) is 32.9 Å². The first kappa shape index (κ1) is 22.0. The molecule has 6 heteroatoms. The molecular formula is C24H28N2O3S. The van der Waals surface area contributed by atoms with Crippen LogP contribution in [0.4, 0.5) is 0 Å². The van der Waals surface area contributed by atoms with Crippen molar-refractivity contribution in [1.82, 2.24) is 9.88 Å². The molecule has 0 atom stereocenters. The minimum atomic E-state index is 0.100. The molecule has 0 N–H and O–H groups in total. The molecule has 0 unspecified atom stereocenters. The summed E-state index contributed by atoms with van der Waals surface area (Å²) in [5.74, 6) is 0.969. The van der Waals surface area contributed by atoms with Crippen LogP contribution in [0.3, 0.4) is 0 Å². The van der Waals surface area contributed by atoms with E-state index >= 15 is 0 Å². The molecule has 3 rings (SSSR count). The average molecular weight is 425 g/mol. The number of amides is 1. The summed E-state index contributed by atoms with van der Waals surface area (Å²) in [6.07, 6.45) is 1.19. The molecule has 1 amide bonds. The quantitative estimate of drug-likeness (QED) is 0.421. The number of hydrogen-bond donors (Lipinski definition) is 0. The largest absolute Gasteiger partial charge is 0.486 e. The molecule has 158 valence electrons. The second-order valence-electron chi connectivity index (χ2n) is 7.11. The van der Waals surface area contributed by atoms with Crippen LogP contribution in [0.1, 0.15) is 28.2 Å². The molecule has 0 bridgehead atoms. The molecule has 0 fully saturated rings. The molecule has 5 nitrogen and oxygen atoms in total. The van der Waals surface area contributed by atoms with Gasteiger partial charge in [0.1, 0.15) is 17.4 Å². The first-order valence-corrected chi connectivity index (χ1v) is 11.0. The van der Waals surface area contributed by atoms with E-state index in [2.05, 4.69) is 4.98 Å². The number of benzene rings is 2. The van der Waals surface area contributed by atoms with Gasteiger partial charge in [0, 0.05) is 25.6 Å². The first-order valence-electron chi connectivity index (χ1n) is 10.1. The maximum atomic E-state index is 12.9. The summed E-state index contributed by atoms with van der Waals surface area (Å²) in [6, 6.07) is 17.8. The number of methoxy groups -OCH3 is 1. The summed E-state index contributed by atoms with van der Waals surface area (Å²) >= 11 is 1.56. The number of carbonyl (C=O) groups excluding carboxylic acids is 1. The molecule has 1 aromatic heterocycles. The van der Waals surface area contributed by atoms with Crippen molar-refractivity contribution in [2.75, 3.05) is 20.3 Å². The van der Waals surface area contributed by atoms with Crippen LogP contribution in [0.15, 0.2) is 60.0 Å². The Morgan fingerprint density at radius 1 is 1.10 bits per heavy atom. The fourth-order valence-electron chi connectivity index (χ4n) is 3.12. The van der Waals surface area contributed by atoms with Crippen molar-refractivity contribution in [1.29, 1.82) is 0 Å². The third-order valence-electron chi connectivity index (χ3n) is 4.72. The molecule has 3 aromatic rings. The molecule has 0 aliphatic heterocycles. The van der Waals surface area contributed by atoms with Crippen LogP contribution >= 0.6 is 11.3 Å². The Morgan fingerprint density at radius 3 is 2.63 bits per heavy atom. The Hall–Kier alpha value is -2.70. The molecule has 0 aliphatic carbocycles. The predicted molar refractivity (Wildman–Crippen MR) is 120 cm³/mol. The average Bonchev–Trinajstić information content (AvgIpc) is 3.21. The number of rotatable bonds is 11. The molecule has 30 heavy (non-hydrogen) atoms.